The molecule has 1 amide bonds. The normalized spacial score (nSPS) is 24.0. The van der Waals surface area contributed by atoms with Gasteiger partial charge in [-0.05, 0) is 57.4 Å². The molecule has 2 aromatic carbocycles. The summed E-state index contributed by atoms with van der Waals surface area (Å²) in [4.78, 5) is 15.2. The van der Waals surface area contributed by atoms with E-state index in [1.165, 1.54) is 0 Å². The van der Waals surface area contributed by atoms with Gasteiger partial charge in [0.1, 0.15) is 4.90 Å². The number of anilines is 1. The van der Waals surface area contributed by atoms with Crippen LogP contribution in [0.15, 0.2) is 41.3 Å². The van der Waals surface area contributed by atoms with Crippen LogP contribution >= 0.6 is 0 Å². The molecule has 2 atom stereocenters. The Morgan fingerprint density at radius 3 is 2.29 bits per heavy atom. The lowest BCUT2D eigenvalue weighted by molar-refractivity contribution is -0.120. The van der Waals surface area contributed by atoms with Crippen LogP contribution in [0.3, 0.4) is 0 Å². The van der Waals surface area contributed by atoms with Gasteiger partial charge in [0, 0.05) is 42.7 Å². The molecule has 2 saturated heterocycles. The van der Waals surface area contributed by atoms with E-state index in [1.807, 2.05) is 13.8 Å². The number of rotatable bonds is 5. The Morgan fingerprint density at radius 2 is 1.68 bits per heavy atom. The molecule has 1 unspecified atom stereocenters. The molecule has 2 N–H and O–H groups in total. The number of nitrogens with two attached hydrogens (primary N) is 1. The smallest absolute Gasteiger partial charge is 0.332 e. The second-order valence-corrected chi connectivity index (χ2v) is 11.0. The highest BCUT2D eigenvalue weighted by atomic mass is 32.2. The lowest BCUT2D eigenvalue weighted by Gasteiger charge is -2.39. The Morgan fingerprint density at radius 1 is 1.03 bits per heavy atom. The molecule has 31 heavy (non-hydrogen) atoms. The first-order valence-corrected chi connectivity index (χ1v) is 12.5. The van der Waals surface area contributed by atoms with Crippen LogP contribution in [0.1, 0.15) is 42.4 Å². The fourth-order valence-electron chi connectivity index (χ4n) is 5.86. The van der Waals surface area contributed by atoms with Crippen LogP contribution in [0.4, 0.5) is 11.4 Å². The maximum atomic E-state index is 14.2. The second kappa shape index (κ2) is 7.95. The molecule has 7 heteroatoms. The predicted octanol–water partition coefficient (Wildman–Crippen LogP) is 3.56. The van der Waals surface area contributed by atoms with E-state index in [-0.39, 0.29) is 4.90 Å². The van der Waals surface area contributed by atoms with Gasteiger partial charge in [0.15, 0.2) is 11.7 Å². The summed E-state index contributed by atoms with van der Waals surface area (Å²) in [6, 6.07) is 9.75. The van der Waals surface area contributed by atoms with E-state index in [4.69, 9.17) is 5.73 Å². The number of aryl methyl sites for hydroxylation is 2. The minimum atomic E-state index is -3.93. The largest absolute Gasteiger partial charge is 0.371 e. The molecule has 2 fully saturated rings. The van der Waals surface area contributed by atoms with Crippen LogP contribution in [0.25, 0.3) is 0 Å². The zero-order valence-electron chi connectivity index (χ0n) is 18.6. The van der Waals surface area contributed by atoms with E-state index in [0.29, 0.717) is 19.4 Å². The van der Waals surface area contributed by atoms with Crippen molar-refractivity contribution in [1.29, 1.82) is 0 Å². The van der Waals surface area contributed by atoms with Crippen molar-refractivity contribution in [3.8, 4) is 0 Å². The Labute approximate surface area is 185 Å². The molecule has 0 aliphatic carbocycles. The number of quaternary nitrogens is 1. The van der Waals surface area contributed by atoms with Crippen LogP contribution in [-0.2, 0) is 14.8 Å². The van der Waals surface area contributed by atoms with Gasteiger partial charge >= 0.3 is 10.0 Å². The molecule has 2 heterocycles. The number of benzene rings is 2. The van der Waals surface area contributed by atoms with Crippen LogP contribution in [0, 0.1) is 20.8 Å². The highest BCUT2D eigenvalue weighted by Crippen LogP contribution is 2.48. The molecule has 2 aromatic rings. The topological polar surface area (TPSA) is 80.5 Å². The van der Waals surface area contributed by atoms with Gasteiger partial charge in [-0.3, -0.25) is 4.79 Å². The molecule has 166 valence electrons. The maximum absolute atomic E-state index is 14.2. The molecule has 0 aromatic heterocycles. The monoisotopic (exact) mass is 442 g/mol. The first kappa shape index (κ1) is 21.8. The standard InChI is InChI=1S/C24H31N3O3S/c1-17-16-18(2)23(19(3)22(17)26-13-7-8-14-26)27(15-9-12-21(27)24(25)28)31(29,30)20-10-5-4-6-11-20/h4-6,10-11,16,21H,7-9,12-15H2,1-3H3,(H-,25,28)/p+1/t21-,27?/m0/s1. The molecule has 0 saturated carbocycles. The van der Waals surface area contributed by atoms with Gasteiger partial charge in [-0.2, -0.15) is 12.3 Å². The van der Waals surface area contributed by atoms with Gasteiger partial charge in [0.05, 0.1) is 6.54 Å². The van der Waals surface area contributed by atoms with Crippen LogP contribution < -0.4 is 14.5 Å². The van der Waals surface area contributed by atoms with Crippen LogP contribution in [0.2, 0.25) is 0 Å². The fraction of sp³-hybridized carbons (Fsp3) is 0.458. The van der Waals surface area contributed by atoms with E-state index in [1.54, 1.807) is 30.3 Å². The van der Waals surface area contributed by atoms with E-state index in [2.05, 4.69) is 17.9 Å². The van der Waals surface area contributed by atoms with Gasteiger partial charge in [0.25, 0.3) is 5.91 Å². The molecule has 4 rings (SSSR count). The van der Waals surface area contributed by atoms with Crippen molar-refractivity contribution in [2.24, 2.45) is 5.73 Å². The summed E-state index contributed by atoms with van der Waals surface area (Å²) < 4.78 is 28.1. The van der Waals surface area contributed by atoms with Crippen molar-refractivity contribution in [2.75, 3.05) is 24.5 Å². The summed E-state index contributed by atoms with van der Waals surface area (Å²) in [5.74, 6) is -0.556. The van der Waals surface area contributed by atoms with Crippen molar-refractivity contribution < 1.29 is 13.2 Å². The SMILES string of the molecule is Cc1cc(C)c([N+]2(S(=O)(=O)c3ccccc3)CCC[C@H]2C(N)=O)c(C)c1N1CCCC1. The number of nitrogens with zero attached hydrogens (tertiary/aromatic N) is 2. The van der Waals surface area contributed by atoms with E-state index >= 15 is 0 Å². The summed E-state index contributed by atoms with van der Waals surface area (Å²) in [5, 5.41) is 0. The molecule has 0 spiro atoms. The third kappa shape index (κ3) is 3.26. The van der Waals surface area contributed by atoms with Crippen molar-refractivity contribution in [1.82, 2.24) is 3.89 Å². The van der Waals surface area contributed by atoms with Gasteiger partial charge in [-0.15, -0.1) is 0 Å². The maximum Gasteiger partial charge on any atom is 0.332 e. The summed E-state index contributed by atoms with van der Waals surface area (Å²) in [7, 11) is -3.93. The second-order valence-electron chi connectivity index (χ2n) is 8.89. The highest BCUT2D eigenvalue weighted by Gasteiger charge is 2.58. The van der Waals surface area contributed by atoms with Gasteiger partial charge in [0.2, 0.25) is 0 Å². The quantitative estimate of drug-likeness (QED) is 0.718. The number of hydrogen-bond donors (Lipinski definition) is 1. The number of primary amides is 1. The van der Waals surface area contributed by atoms with Crippen molar-refractivity contribution in [2.45, 2.75) is 57.4 Å². The van der Waals surface area contributed by atoms with Crippen LogP contribution in [-0.4, -0.2) is 40.0 Å². The molecular weight excluding hydrogens is 410 g/mol. The predicted molar refractivity (Wildman–Crippen MR) is 125 cm³/mol. The molecule has 2 aliphatic rings. The molecule has 0 bridgehead atoms. The zero-order valence-corrected chi connectivity index (χ0v) is 19.4. The summed E-state index contributed by atoms with van der Waals surface area (Å²) in [6.45, 7) is 8.33. The Kier molecular flexibility index (Phi) is 5.60. The molecule has 2 aliphatic heterocycles. The van der Waals surface area contributed by atoms with Crippen molar-refractivity contribution >= 4 is 27.3 Å². The lowest BCUT2D eigenvalue weighted by atomic mass is 9.99. The third-order valence-corrected chi connectivity index (χ3v) is 9.31. The lowest BCUT2D eigenvalue weighted by Crippen LogP contribution is -2.62. The first-order valence-electron chi connectivity index (χ1n) is 11.1. The van der Waals surface area contributed by atoms with E-state index in [0.717, 1.165) is 54.0 Å². The van der Waals surface area contributed by atoms with Crippen LogP contribution in [0.5, 0.6) is 0 Å². The number of carbonyl (C=O) groups is 1. The van der Waals surface area contributed by atoms with Gasteiger partial charge in [-0.1, -0.05) is 18.2 Å². The van der Waals surface area contributed by atoms with E-state index < -0.39 is 25.9 Å². The summed E-state index contributed by atoms with van der Waals surface area (Å²) in [5.41, 5.74) is 10.7. The number of amides is 1. The molecule has 0 radical (unpaired) electrons. The highest BCUT2D eigenvalue weighted by molar-refractivity contribution is 7.91. The first-order chi connectivity index (χ1) is 14.7. The molecular formula is C24H32N3O3S+. The Balaban J connectivity index is 2.05. The zero-order chi connectivity index (χ0) is 22.4. The van der Waals surface area contributed by atoms with Gasteiger partial charge < -0.3 is 10.6 Å². The molecule has 6 nitrogen and oxygen atoms in total. The number of carbonyl (C=O) groups excluding carboxylic acids is 1. The Bertz CT molecular complexity index is 1110. The van der Waals surface area contributed by atoms with Gasteiger partial charge in [-0.25, -0.2) is 0 Å². The van der Waals surface area contributed by atoms with E-state index in [9.17, 15) is 13.2 Å². The third-order valence-electron chi connectivity index (χ3n) is 6.96. The minimum Gasteiger partial charge on any atom is -0.371 e. The Hall–Kier alpha value is -2.38. The minimum absolute atomic E-state index is 0.227. The summed E-state index contributed by atoms with van der Waals surface area (Å²) in [6.07, 6.45) is 3.36. The van der Waals surface area contributed by atoms with Crippen molar-refractivity contribution in [3.05, 3.63) is 53.1 Å². The average Bonchev–Trinajstić information content (AvgIpc) is 3.39. The average molecular weight is 443 g/mol. The number of hydrogen-bond acceptors (Lipinski definition) is 4. The number of sulfonamides is 1. The fourth-order valence-corrected chi connectivity index (χ4v) is 8.17. The summed E-state index contributed by atoms with van der Waals surface area (Å²) >= 11 is 0. The van der Waals surface area contributed by atoms with Crippen molar-refractivity contribution in [3.63, 3.8) is 0 Å².